The van der Waals surface area contributed by atoms with E-state index < -0.39 is 17.6 Å². The van der Waals surface area contributed by atoms with Crippen LogP contribution in [0.1, 0.15) is 11.1 Å². The lowest BCUT2D eigenvalue weighted by Crippen LogP contribution is -2.14. The van der Waals surface area contributed by atoms with Crippen LogP contribution in [0.5, 0.6) is 0 Å². The summed E-state index contributed by atoms with van der Waals surface area (Å²) in [6.07, 6.45) is -4.45. The summed E-state index contributed by atoms with van der Waals surface area (Å²) in [7, 11) is 1.53. The van der Waals surface area contributed by atoms with Crippen LogP contribution in [0.25, 0.3) is 0 Å². The first-order chi connectivity index (χ1) is 9.84. The summed E-state index contributed by atoms with van der Waals surface area (Å²) in [4.78, 5) is 1.39. The van der Waals surface area contributed by atoms with Crippen LogP contribution in [0.4, 0.5) is 28.9 Å². The number of benzene rings is 2. The Balaban J connectivity index is 2.48. The van der Waals surface area contributed by atoms with Gasteiger partial charge in [-0.15, -0.1) is 0 Å². The number of rotatable bonds is 3. The number of para-hydroxylation sites is 1. The number of anilines is 2. The predicted octanol–water partition coefficient (Wildman–Crippen LogP) is 5.51. The zero-order valence-electron chi connectivity index (χ0n) is 11.1. The minimum Gasteiger partial charge on any atom is -0.342 e. The molecule has 1 nitrogen and oxygen atoms in total. The summed E-state index contributed by atoms with van der Waals surface area (Å²) in [5, 5.41) is 0.103. The maximum Gasteiger partial charge on any atom is 0.416 e. The third kappa shape index (κ3) is 3.37. The van der Waals surface area contributed by atoms with Crippen LogP contribution < -0.4 is 4.90 Å². The van der Waals surface area contributed by atoms with E-state index in [-0.39, 0.29) is 22.3 Å². The molecule has 0 atom stereocenters. The fourth-order valence-electron chi connectivity index (χ4n) is 2.02. The van der Waals surface area contributed by atoms with E-state index in [4.69, 9.17) is 0 Å². The van der Waals surface area contributed by atoms with Crippen LogP contribution in [-0.4, -0.2) is 7.05 Å². The van der Waals surface area contributed by atoms with Crippen molar-refractivity contribution in [2.45, 2.75) is 11.5 Å². The fraction of sp³-hybridized carbons (Fsp3) is 0.200. The number of hydrogen-bond donors (Lipinski definition) is 0. The van der Waals surface area contributed by atoms with Crippen molar-refractivity contribution in [1.82, 2.24) is 0 Å². The zero-order valence-corrected chi connectivity index (χ0v) is 12.7. The van der Waals surface area contributed by atoms with Crippen LogP contribution >= 0.6 is 15.9 Å². The molecule has 0 radical (unpaired) electrons. The van der Waals surface area contributed by atoms with Crippen LogP contribution in [-0.2, 0) is 11.5 Å². The topological polar surface area (TPSA) is 3.24 Å². The van der Waals surface area contributed by atoms with E-state index in [0.717, 1.165) is 6.07 Å². The van der Waals surface area contributed by atoms with E-state index >= 15 is 0 Å². The molecule has 0 amide bonds. The molecule has 0 spiro atoms. The molecule has 0 saturated heterocycles. The molecular formula is C15H12BrF4N. The van der Waals surface area contributed by atoms with Crippen molar-refractivity contribution in [1.29, 1.82) is 0 Å². The van der Waals surface area contributed by atoms with Crippen LogP contribution in [0, 0.1) is 5.82 Å². The van der Waals surface area contributed by atoms with Gasteiger partial charge in [0.25, 0.3) is 0 Å². The van der Waals surface area contributed by atoms with Gasteiger partial charge >= 0.3 is 6.18 Å². The summed E-state index contributed by atoms with van der Waals surface area (Å²) in [6, 6.07) is 9.91. The molecule has 0 aliphatic rings. The van der Waals surface area contributed by atoms with Crippen LogP contribution in [0.2, 0.25) is 0 Å². The van der Waals surface area contributed by atoms with Crippen LogP contribution in [0.15, 0.2) is 42.5 Å². The van der Waals surface area contributed by atoms with Gasteiger partial charge in [-0.3, -0.25) is 0 Å². The van der Waals surface area contributed by atoms with Crippen molar-refractivity contribution in [3.05, 3.63) is 59.4 Å². The van der Waals surface area contributed by atoms with Gasteiger partial charge in [0, 0.05) is 18.1 Å². The molecule has 0 saturated carbocycles. The SMILES string of the molecule is CN(c1ccc(CBr)c(C(F)(F)F)c1)c1ccccc1F. The zero-order chi connectivity index (χ0) is 15.6. The molecule has 0 unspecified atom stereocenters. The summed E-state index contributed by atoms with van der Waals surface area (Å²) in [5.41, 5.74) is -0.0809. The summed E-state index contributed by atoms with van der Waals surface area (Å²) in [5.74, 6) is -0.488. The maximum absolute atomic E-state index is 13.7. The Hall–Kier alpha value is -1.56. The molecular weight excluding hydrogens is 350 g/mol. The molecule has 2 rings (SSSR count). The molecule has 0 fully saturated rings. The van der Waals surface area contributed by atoms with Crippen molar-refractivity contribution in [2.24, 2.45) is 0 Å². The lowest BCUT2D eigenvalue weighted by Gasteiger charge is -2.22. The highest BCUT2D eigenvalue weighted by molar-refractivity contribution is 9.08. The van der Waals surface area contributed by atoms with E-state index in [1.165, 1.54) is 42.3 Å². The van der Waals surface area contributed by atoms with Crippen molar-refractivity contribution in [3.63, 3.8) is 0 Å². The molecule has 0 aliphatic heterocycles. The smallest absolute Gasteiger partial charge is 0.342 e. The first-order valence-electron chi connectivity index (χ1n) is 6.09. The Labute approximate surface area is 128 Å². The molecule has 6 heteroatoms. The highest BCUT2D eigenvalue weighted by atomic mass is 79.9. The predicted molar refractivity (Wildman–Crippen MR) is 78.5 cm³/mol. The second-order valence-electron chi connectivity index (χ2n) is 4.48. The van der Waals surface area contributed by atoms with Gasteiger partial charge in [-0.1, -0.05) is 34.1 Å². The van der Waals surface area contributed by atoms with Crippen LogP contribution in [0.3, 0.4) is 0 Å². The van der Waals surface area contributed by atoms with Gasteiger partial charge in [-0.25, -0.2) is 4.39 Å². The Morgan fingerprint density at radius 3 is 2.33 bits per heavy atom. The third-order valence-corrected chi connectivity index (χ3v) is 3.75. The molecule has 0 aliphatic carbocycles. The highest BCUT2D eigenvalue weighted by Crippen LogP contribution is 2.37. The van der Waals surface area contributed by atoms with E-state index in [9.17, 15) is 17.6 Å². The number of hydrogen-bond acceptors (Lipinski definition) is 1. The van der Waals surface area contributed by atoms with E-state index in [2.05, 4.69) is 15.9 Å². The number of alkyl halides is 4. The van der Waals surface area contributed by atoms with Gasteiger partial charge in [-0.05, 0) is 29.8 Å². The van der Waals surface area contributed by atoms with Gasteiger partial charge < -0.3 is 4.90 Å². The van der Waals surface area contributed by atoms with E-state index in [1.807, 2.05) is 0 Å². The molecule has 0 N–H and O–H groups in total. The first-order valence-corrected chi connectivity index (χ1v) is 7.21. The Morgan fingerprint density at radius 2 is 1.76 bits per heavy atom. The van der Waals surface area contributed by atoms with Crippen molar-refractivity contribution < 1.29 is 17.6 Å². The van der Waals surface area contributed by atoms with Crippen molar-refractivity contribution in [2.75, 3.05) is 11.9 Å². The number of nitrogens with zero attached hydrogens (tertiary/aromatic N) is 1. The van der Waals surface area contributed by atoms with Gasteiger partial charge in [0.1, 0.15) is 5.82 Å². The highest BCUT2D eigenvalue weighted by Gasteiger charge is 2.33. The summed E-state index contributed by atoms with van der Waals surface area (Å²) >= 11 is 3.05. The Bertz CT molecular complexity index is 640. The van der Waals surface area contributed by atoms with E-state index in [0.29, 0.717) is 0 Å². The largest absolute Gasteiger partial charge is 0.416 e. The molecule has 112 valence electrons. The quantitative estimate of drug-likeness (QED) is 0.514. The van der Waals surface area contributed by atoms with E-state index in [1.54, 1.807) is 6.07 Å². The molecule has 2 aromatic rings. The molecule has 2 aromatic carbocycles. The fourth-order valence-corrected chi connectivity index (χ4v) is 2.51. The van der Waals surface area contributed by atoms with Gasteiger partial charge in [0.05, 0.1) is 11.3 Å². The molecule has 0 heterocycles. The standard InChI is InChI=1S/C15H12BrF4N/c1-21(14-5-3-2-4-13(14)17)11-7-6-10(9-16)12(8-11)15(18,19)20/h2-8H,9H2,1H3. The minimum absolute atomic E-state index is 0.103. The Kier molecular flexibility index (Phi) is 4.56. The molecule has 21 heavy (non-hydrogen) atoms. The average Bonchev–Trinajstić information content (AvgIpc) is 2.45. The molecule has 0 bridgehead atoms. The third-order valence-electron chi connectivity index (χ3n) is 3.14. The second-order valence-corrected chi connectivity index (χ2v) is 5.04. The lowest BCUT2D eigenvalue weighted by atomic mass is 10.1. The van der Waals surface area contributed by atoms with Gasteiger partial charge in [0.15, 0.2) is 0 Å². The lowest BCUT2D eigenvalue weighted by molar-refractivity contribution is -0.138. The van der Waals surface area contributed by atoms with Crippen molar-refractivity contribution in [3.8, 4) is 0 Å². The summed E-state index contributed by atoms with van der Waals surface area (Å²) < 4.78 is 52.9. The second kappa shape index (κ2) is 6.05. The normalized spacial score (nSPS) is 11.5. The average molecular weight is 362 g/mol. The monoisotopic (exact) mass is 361 g/mol. The summed E-state index contributed by atoms with van der Waals surface area (Å²) in [6.45, 7) is 0. The first kappa shape index (κ1) is 15.8. The van der Waals surface area contributed by atoms with Crippen molar-refractivity contribution >= 4 is 27.3 Å². The molecule has 0 aromatic heterocycles. The Morgan fingerprint density at radius 1 is 1.10 bits per heavy atom. The minimum atomic E-state index is -4.45. The maximum atomic E-state index is 13.7. The van der Waals surface area contributed by atoms with Gasteiger partial charge in [-0.2, -0.15) is 13.2 Å². The number of halogens is 5. The van der Waals surface area contributed by atoms with Gasteiger partial charge in [0.2, 0.25) is 0 Å².